The summed E-state index contributed by atoms with van der Waals surface area (Å²) in [4.78, 5) is 62.7. The summed E-state index contributed by atoms with van der Waals surface area (Å²) in [5.41, 5.74) is 0. The molecule has 0 rings (SSSR count). The Labute approximate surface area is 442 Å². The van der Waals surface area contributed by atoms with Crippen molar-refractivity contribution in [1.82, 2.24) is 0 Å². The zero-order valence-electron chi connectivity index (χ0n) is 44.0. The first-order valence-corrected chi connectivity index (χ1v) is 32.8. The number of rotatable bonds is 48. The molecule has 0 aromatic rings. The third kappa shape index (κ3) is 86.5. The van der Waals surface area contributed by atoms with Gasteiger partial charge in [0.05, 0.1) is 0 Å². The van der Waals surface area contributed by atoms with Crippen LogP contribution in [0.5, 0.6) is 0 Å². The van der Waals surface area contributed by atoms with E-state index in [1.807, 2.05) is 0 Å². The summed E-state index contributed by atoms with van der Waals surface area (Å²) < 4.78 is 31.3. The van der Waals surface area contributed by atoms with Crippen LogP contribution in [0.25, 0.3) is 0 Å². The van der Waals surface area contributed by atoms with E-state index < -0.39 is 22.8 Å². The zero-order valence-corrected chi connectivity index (χ0v) is 48.9. The second-order valence-electron chi connectivity index (χ2n) is 18.8. The first-order valence-electron chi connectivity index (χ1n) is 27.7. The second kappa shape index (κ2) is 62.0. The molecular weight excluding hydrogens is 997 g/mol. The second-order valence-corrected chi connectivity index (χ2v) is 23.8. The number of hydrogen-bond donors (Lipinski definition) is 0. The van der Waals surface area contributed by atoms with Gasteiger partial charge in [-0.1, -0.05) is 253 Å². The van der Waals surface area contributed by atoms with Crippen molar-refractivity contribution in [1.29, 1.82) is 0 Å². The maximum atomic E-state index is 10.4. The monoisotopic (exact) mass is 1100 g/mol. The molecule has 0 fully saturated rings. The predicted octanol–water partition coefficient (Wildman–Crippen LogP) is 14.8. The van der Waals surface area contributed by atoms with E-state index in [-0.39, 0.29) is 52.6 Å². The minimum Gasteiger partial charge on any atom is -0.811 e. The van der Waals surface area contributed by atoms with Gasteiger partial charge < -0.3 is 43.1 Å². The number of hydrogen-bond acceptors (Lipinski definition) is 9. The van der Waals surface area contributed by atoms with Gasteiger partial charge in [-0.05, 0) is 115 Å². The van der Waals surface area contributed by atoms with E-state index in [1.165, 1.54) is 173 Å². The summed E-state index contributed by atoms with van der Waals surface area (Å²) >= 11 is 0. The summed E-state index contributed by atoms with van der Waals surface area (Å²) in [6.45, 7) is 6.75. The quantitative estimate of drug-likeness (QED) is 0.0247. The van der Waals surface area contributed by atoms with Gasteiger partial charge >= 0.3 is 34.1 Å². The molecule has 0 aromatic heterocycles. The van der Waals surface area contributed by atoms with E-state index in [2.05, 4.69) is 57.2 Å². The van der Waals surface area contributed by atoms with Crippen molar-refractivity contribution in [3.8, 4) is 0 Å². The fraction of sp³-hybridized carbons (Fsp3) is 0.889. The topological polar surface area (TPSA) is 190 Å². The average molecular weight is 1100 g/mol. The molecule has 0 atom stereocenters. The molecule has 0 spiro atoms. The smallest absolute Gasteiger partial charge is 0.811 e. The van der Waals surface area contributed by atoms with Crippen LogP contribution in [0.3, 0.4) is 0 Å². The number of unbranched alkanes of at least 4 members (excludes halogenated alkanes) is 36. The summed E-state index contributed by atoms with van der Waals surface area (Å²) in [6, 6.07) is 0. The van der Waals surface area contributed by atoms with Gasteiger partial charge in [0.25, 0.3) is 0 Å². The molecule has 0 amide bonds. The molecule has 406 valence electrons. The van der Waals surface area contributed by atoms with Crippen molar-refractivity contribution in [2.75, 3.05) is 18.5 Å². The van der Waals surface area contributed by atoms with Crippen molar-refractivity contribution in [2.24, 2.45) is 0 Å². The fourth-order valence-corrected chi connectivity index (χ4v) is 9.49. The molecule has 0 saturated carbocycles. The Morgan fingerprint density at radius 3 is 0.515 bits per heavy atom. The summed E-state index contributed by atoms with van der Waals surface area (Å²) in [5, 5.41) is 0. The van der Waals surface area contributed by atoms with Gasteiger partial charge in [0.15, 0.2) is 0 Å². The van der Waals surface area contributed by atoms with E-state index in [9.17, 15) is 43.1 Å². The number of allylic oxidation sites excluding steroid dienone is 6. The molecule has 0 bridgehead atoms. The predicted molar refractivity (Wildman–Crippen MR) is 276 cm³/mol. The molecule has 0 unspecified atom stereocenters. The van der Waals surface area contributed by atoms with Gasteiger partial charge in [0.2, 0.25) is 0 Å². The third-order valence-electron chi connectivity index (χ3n) is 11.8. The van der Waals surface area contributed by atoms with Crippen LogP contribution < -0.4 is 29.4 Å². The van der Waals surface area contributed by atoms with Crippen molar-refractivity contribution in [2.45, 2.75) is 290 Å². The van der Waals surface area contributed by atoms with Crippen molar-refractivity contribution in [3.63, 3.8) is 0 Å². The van der Waals surface area contributed by atoms with E-state index in [0.717, 1.165) is 77.0 Å². The Balaban J connectivity index is -0.000000288. The van der Waals surface area contributed by atoms with E-state index in [1.54, 1.807) is 0 Å². The fourth-order valence-electron chi connectivity index (χ4n) is 7.66. The summed E-state index contributed by atoms with van der Waals surface area (Å²) in [6.07, 6.45) is 63.0. The van der Waals surface area contributed by atoms with Crippen LogP contribution in [0.2, 0.25) is 0 Å². The van der Waals surface area contributed by atoms with Crippen LogP contribution in [-0.2, 0) is 47.8 Å². The largest absolute Gasteiger partial charge is 3.00 e. The first kappa shape index (κ1) is 77.6. The molecule has 0 heterocycles. The summed E-state index contributed by atoms with van der Waals surface area (Å²) in [5.74, 6) is 0. The van der Waals surface area contributed by atoms with Crippen LogP contribution in [0.1, 0.15) is 290 Å². The summed E-state index contributed by atoms with van der Waals surface area (Å²) in [7, 11) is -12.8. The van der Waals surface area contributed by atoms with Gasteiger partial charge in [-0.3, -0.25) is 0 Å². The van der Waals surface area contributed by atoms with Crippen molar-refractivity contribution >= 4 is 22.8 Å². The van der Waals surface area contributed by atoms with Gasteiger partial charge in [-0.25, -0.2) is 0 Å². The first-order chi connectivity index (χ1) is 31.7. The molecule has 14 heteroatoms. The molecule has 0 saturated heterocycles. The molecule has 0 aliphatic heterocycles. The van der Waals surface area contributed by atoms with E-state index >= 15 is 0 Å². The molecule has 2 radical (unpaired) electrons. The minimum atomic E-state index is -4.26. The van der Waals surface area contributed by atoms with Crippen LogP contribution in [0.15, 0.2) is 36.5 Å². The Bertz CT molecular complexity index is 1050. The molecule has 9 nitrogen and oxygen atoms in total. The normalized spacial score (nSPS) is 12.0. The third-order valence-corrected chi connectivity index (χ3v) is 14.4. The van der Waals surface area contributed by atoms with Crippen LogP contribution >= 0.6 is 22.8 Å². The SMILES string of the molecule is CCCCCCCCC=CCCCCCCCCP(=O)([O-])[O-].CCCCCCCCC=CCCCCCCCCP(=O)([O-])[O-].CCCCCCCCC=CCCCCCCCCP(=O)([O-])[O-].[Fe+3].[Fe+3]. The van der Waals surface area contributed by atoms with Crippen LogP contribution in [0.4, 0.5) is 0 Å². The van der Waals surface area contributed by atoms with Gasteiger partial charge in [0.1, 0.15) is 0 Å². The minimum absolute atomic E-state index is 0. The van der Waals surface area contributed by atoms with E-state index in [0.29, 0.717) is 19.3 Å². The van der Waals surface area contributed by atoms with Crippen LogP contribution in [0, 0.1) is 0 Å². The van der Waals surface area contributed by atoms with Crippen molar-refractivity contribution in [3.05, 3.63) is 36.5 Å². The van der Waals surface area contributed by atoms with Crippen LogP contribution in [-0.4, -0.2) is 18.5 Å². The van der Waals surface area contributed by atoms with Gasteiger partial charge in [0, 0.05) is 0 Å². The molecule has 0 N–H and O–H groups in total. The van der Waals surface area contributed by atoms with Gasteiger partial charge in [-0.2, -0.15) is 0 Å². The van der Waals surface area contributed by atoms with Gasteiger partial charge in [-0.15, -0.1) is 0 Å². The molecule has 0 aromatic carbocycles. The average Bonchev–Trinajstić information content (AvgIpc) is 3.25. The zero-order chi connectivity index (χ0) is 49.6. The molecule has 0 aliphatic rings. The van der Waals surface area contributed by atoms with E-state index in [4.69, 9.17) is 0 Å². The Morgan fingerprint density at radius 2 is 0.368 bits per heavy atom. The maximum Gasteiger partial charge on any atom is 3.00 e. The molecular formula is C54H105Fe2O9P3. The Kier molecular flexibility index (Phi) is 70.8. The standard InChI is InChI=1S/3C18H37O3P.2Fe/c3*1-2-3-4-5-6-7-8-9-10-11-12-13-14-15-16-17-18-22(19,20)21;;/h3*9-10H,2-8,11-18H2,1H3,(H2,19,20,21);;/q;;;2*+3/p-6. The van der Waals surface area contributed by atoms with Crippen molar-refractivity contribution < 1.29 is 77.2 Å². The molecule has 68 heavy (non-hydrogen) atoms. The maximum absolute atomic E-state index is 10.4. The molecule has 0 aliphatic carbocycles. The Hall–Kier alpha value is 0.709. The Morgan fingerprint density at radius 1 is 0.235 bits per heavy atom.